The molecule has 3 rings (SSSR count). The third-order valence-electron chi connectivity index (χ3n) is 5.46. The quantitative estimate of drug-likeness (QED) is 0.575. The lowest BCUT2D eigenvalue weighted by Crippen LogP contribution is -2.33. The Labute approximate surface area is 189 Å². The van der Waals surface area contributed by atoms with Crippen molar-refractivity contribution in [2.24, 2.45) is 0 Å². The van der Waals surface area contributed by atoms with Crippen molar-refractivity contribution in [3.8, 4) is 0 Å². The molecule has 0 unspecified atom stereocenters. The van der Waals surface area contributed by atoms with Crippen LogP contribution in [0.3, 0.4) is 0 Å². The molecule has 0 spiro atoms. The summed E-state index contributed by atoms with van der Waals surface area (Å²) in [6.45, 7) is 4.30. The zero-order valence-electron chi connectivity index (χ0n) is 18.6. The smallest absolute Gasteiger partial charge is 0.253 e. The molecule has 0 bridgehead atoms. The van der Waals surface area contributed by atoms with Crippen LogP contribution < -0.4 is 10.2 Å². The molecule has 9 heteroatoms. The minimum atomic E-state index is -3.61. The first-order valence-electron chi connectivity index (χ1n) is 10.8. The predicted octanol–water partition coefficient (Wildman–Crippen LogP) is 3.44. The lowest BCUT2D eigenvalue weighted by atomic mass is 10.1. The first-order valence-corrected chi connectivity index (χ1v) is 13.1. The first kappa shape index (κ1) is 23.7. The third kappa shape index (κ3) is 6.05. The molecule has 1 aromatic heterocycles. The molecule has 1 aliphatic rings. The van der Waals surface area contributed by atoms with Crippen molar-refractivity contribution in [2.75, 3.05) is 38.6 Å². The van der Waals surface area contributed by atoms with Crippen LogP contribution in [0.2, 0.25) is 0 Å². The van der Waals surface area contributed by atoms with Crippen molar-refractivity contribution in [3.05, 3.63) is 39.8 Å². The average Bonchev–Trinajstić information content (AvgIpc) is 3.18. The molecule has 31 heavy (non-hydrogen) atoms. The summed E-state index contributed by atoms with van der Waals surface area (Å²) in [5.41, 5.74) is 2.29. The van der Waals surface area contributed by atoms with Crippen molar-refractivity contribution in [1.82, 2.24) is 14.6 Å². The topological polar surface area (TPSA) is 82.6 Å². The number of aryl methyl sites for hydroxylation is 2. The van der Waals surface area contributed by atoms with Gasteiger partial charge in [0.25, 0.3) is 5.91 Å². The van der Waals surface area contributed by atoms with E-state index >= 15 is 0 Å². The number of sulfonamides is 1. The van der Waals surface area contributed by atoms with Crippen LogP contribution in [-0.4, -0.2) is 57.3 Å². The fourth-order valence-corrected chi connectivity index (χ4v) is 5.44. The van der Waals surface area contributed by atoms with Gasteiger partial charge in [0.2, 0.25) is 10.0 Å². The number of rotatable bonds is 9. The van der Waals surface area contributed by atoms with Gasteiger partial charge in [-0.1, -0.05) is 0 Å². The molecule has 0 saturated carbocycles. The zero-order chi connectivity index (χ0) is 22.4. The Balaban J connectivity index is 1.70. The van der Waals surface area contributed by atoms with E-state index in [4.69, 9.17) is 0 Å². The monoisotopic (exact) mass is 464 g/mol. The van der Waals surface area contributed by atoms with Gasteiger partial charge in [-0.25, -0.2) is 17.7 Å². The fourth-order valence-electron chi connectivity index (χ4n) is 3.69. The summed E-state index contributed by atoms with van der Waals surface area (Å²) in [4.78, 5) is 19.8. The highest BCUT2D eigenvalue weighted by Gasteiger charge is 2.24. The molecular weight excluding hydrogens is 432 g/mol. The number of hydrogen-bond acceptors (Lipinski definition) is 6. The largest absolute Gasteiger partial charge is 0.371 e. The molecular formula is C22H32N4O3S2. The van der Waals surface area contributed by atoms with E-state index in [1.165, 1.54) is 30.9 Å². The van der Waals surface area contributed by atoms with Crippen LogP contribution in [0.25, 0.3) is 0 Å². The first-order chi connectivity index (χ1) is 14.8. The van der Waals surface area contributed by atoms with Crippen molar-refractivity contribution in [1.29, 1.82) is 0 Å². The molecule has 2 aromatic rings. The number of nitrogens with one attached hydrogen (secondary N) is 1. The molecule has 7 nitrogen and oxygen atoms in total. The third-order valence-corrected chi connectivity index (χ3v) is 8.30. The number of hydrogen-bond donors (Lipinski definition) is 1. The molecule has 1 amide bonds. The van der Waals surface area contributed by atoms with Gasteiger partial charge in [-0.15, -0.1) is 11.3 Å². The number of carbonyl (C=O) groups is 1. The normalized spacial score (nSPS) is 14.8. The van der Waals surface area contributed by atoms with E-state index in [-0.39, 0.29) is 10.8 Å². The van der Waals surface area contributed by atoms with Crippen molar-refractivity contribution in [2.45, 2.75) is 50.3 Å². The standard InChI is InChI=1S/C22H32N4O3S2/c1-17-16-30-21(24-17)9-5-6-12-23-22(27)19-15-18(31(28,29)25(2)3)10-11-20(19)26-13-7-4-8-14-26/h10-11,15-16H,4-9,12-14H2,1-3H3,(H,23,27). The zero-order valence-corrected chi connectivity index (χ0v) is 20.2. The summed E-state index contributed by atoms with van der Waals surface area (Å²) >= 11 is 1.67. The predicted molar refractivity (Wildman–Crippen MR) is 126 cm³/mol. The molecule has 0 aliphatic carbocycles. The Kier molecular flexibility index (Phi) is 8.07. The van der Waals surface area contributed by atoms with Gasteiger partial charge in [-0.3, -0.25) is 4.79 Å². The maximum atomic E-state index is 13.0. The van der Waals surface area contributed by atoms with Crippen LogP contribution in [0, 0.1) is 6.92 Å². The van der Waals surface area contributed by atoms with E-state index in [0.29, 0.717) is 12.1 Å². The number of amides is 1. The Morgan fingerprint density at radius 3 is 2.58 bits per heavy atom. The van der Waals surface area contributed by atoms with Gasteiger partial charge >= 0.3 is 0 Å². The molecule has 170 valence electrons. The molecule has 1 aromatic carbocycles. The minimum absolute atomic E-state index is 0.141. The maximum Gasteiger partial charge on any atom is 0.253 e. The van der Waals surface area contributed by atoms with Gasteiger partial charge < -0.3 is 10.2 Å². The van der Waals surface area contributed by atoms with Crippen LogP contribution in [-0.2, 0) is 16.4 Å². The second-order valence-electron chi connectivity index (χ2n) is 8.11. The summed E-state index contributed by atoms with van der Waals surface area (Å²) in [5, 5.41) is 6.16. The van der Waals surface area contributed by atoms with E-state index in [2.05, 4.69) is 15.2 Å². The number of unbranched alkanes of at least 4 members (excludes halogenated alkanes) is 1. The lowest BCUT2D eigenvalue weighted by Gasteiger charge is -2.30. The summed E-state index contributed by atoms with van der Waals surface area (Å²) in [5.74, 6) is -0.221. The van der Waals surface area contributed by atoms with E-state index in [1.54, 1.807) is 23.5 Å². The van der Waals surface area contributed by atoms with Crippen molar-refractivity contribution >= 4 is 33.0 Å². The van der Waals surface area contributed by atoms with E-state index < -0.39 is 10.0 Å². The Morgan fingerprint density at radius 1 is 1.19 bits per heavy atom. The molecule has 1 N–H and O–H groups in total. The second kappa shape index (κ2) is 10.6. The fraction of sp³-hybridized carbons (Fsp3) is 0.545. The molecule has 0 atom stereocenters. The van der Waals surface area contributed by atoms with Gasteiger partial charge in [0.1, 0.15) is 0 Å². The molecule has 1 aliphatic heterocycles. The number of nitrogens with zero attached hydrogens (tertiary/aromatic N) is 3. The Hall–Kier alpha value is -1.97. The minimum Gasteiger partial charge on any atom is -0.371 e. The lowest BCUT2D eigenvalue weighted by molar-refractivity contribution is 0.0953. The van der Waals surface area contributed by atoms with Crippen LogP contribution in [0.5, 0.6) is 0 Å². The second-order valence-corrected chi connectivity index (χ2v) is 11.2. The highest BCUT2D eigenvalue weighted by molar-refractivity contribution is 7.89. The van der Waals surface area contributed by atoms with Gasteiger partial charge in [0.15, 0.2) is 0 Å². The molecule has 2 heterocycles. The Bertz CT molecular complexity index is 996. The van der Waals surface area contributed by atoms with Crippen LogP contribution >= 0.6 is 11.3 Å². The molecule has 0 radical (unpaired) electrons. The van der Waals surface area contributed by atoms with Gasteiger partial charge in [-0.05, 0) is 63.6 Å². The number of aromatic nitrogens is 1. The SMILES string of the molecule is Cc1csc(CCCCNC(=O)c2cc(S(=O)(=O)N(C)C)ccc2N2CCCCC2)n1. The van der Waals surface area contributed by atoms with Crippen molar-refractivity contribution in [3.63, 3.8) is 0 Å². The van der Waals surface area contributed by atoms with Crippen molar-refractivity contribution < 1.29 is 13.2 Å². The number of thiazole rings is 1. The summed E-state index contributed by atoms with van der Waals surface area (Å²) in [6.07, 6.45) is 6.04. The van der Waals surface area contributed by atoms with E-state index in [1.807, 2.05) is 12.3 Å². The van der Waals surface area contributed by atoms with E-state index in [9.17, 15) is 13.2 Å². The highest BCUT2D eigenvalue weighted by atomic mass is 32.2. The number of benzene rings is 1. The highest BCUT2D eigenvalue weighted by Crippen LogP contribution is 2.28. The molecule has 1 fully saturated rings. The van der Waals surface area contributed by atoms with E-state index in [0.717, 1.165) is 61.6 Å². The summed E-state index contributed by atoms with van der Waals surface area (Å²) in [6, 6.07) is 4.90. The maximum absolute atomic E-state index is 13.0. The van der Waals surface area contributed by atoms with Gasteiger partial charge in [0, 0.05) is 50.5 Å². The van der Waals surface area contributed by atoms with Gasteiger partial charge in [0.05, 0.1) is 15.5 Å². The molecule has 1 saturated heterocycles. The number of piperidine rings is 1. The number of anilines is 1. The van der Waals surface area contributed by atoms with Gasteiger partial charge in [-0.2, -0.15) is 0 Å². The summed E-state index contributed by atoms with van der Waals surface area (Å²) < 4.78 is 26.4. The van der Waals surface area contributed by atoms with Crippen LogP contribution in [0.4, 0.5) is 5.69 Å². The average molecular weight is 465 g/mol. The summed E-state index contributed by atoms with van der Waals surface area (Å²) in [7, 11) is -0.614. The van der Waals surface area contributed by atoms with Crippen LogP contribution in [0.1, 0.15) is 53.2 Å². The number of carbonyl (C=O) groups excluding carboxylic acids is 1. The van der Waals surface area contributed by atoms with Crippen LogP contribution in [0.15, 0.2) is 28.5 Å². The Morgan fingerprint density at radius 2 is 1.94 bits per heavy atom.